The van der Waals surface area contributed by atoms with Crippen molar-refractivity contribution in [2.75, 3.05) is 31.7 Å². The maximum Gasteiger partial charge on any atom is 0.317 e. The number of carbonyl (C=O) groups excluding carboxylic acids is 4. The molecule has 1 heterocycles. The van der Waals surface area contributed by atoms with Crippen molar-refractivity contribution in [3.8, 4) is 5.75 Å². The van der Waals surface area contributed by atoms with Gasteiger partial charge < -0.3 is 14.8 Å². The highest BCUT2D eigenvalue weighted by Crippen LogP contribution is 2.21. The van der Waals surface area contributed by atoms with Crippen molar-refractivity contribution in [3.63, 3.8) is 0 Å². The molecular formula is C17H20N2O6S2. The average Bonchev–Trinajstić information content (AvgIpc) is 2.98. The van der Waals surface area contributed by atoms with Crippen LogP contribution in [0.5, 0.6) is 5.75 Å². The molecule has 2 rings (SSSR count). The zero-order valence-corrected chi connectivity index (χ0v) is 16.6. The van der Waals surface area contributed by atoms with Gasteiger partial charge in [-0.2, -0.15) is 0 Å². The molecule has 1 aliphatic rings. The van der Waals surface area contributed by atoms with E-state index in [1.54, 1.807) is 19.2 Å². The first-order valence-electron chi connectivity index (χ1n) is 8.12. The fraction of sp³-hybridized carbons (Fsp3) is 0.412. The second-order valence-electron chi connectivity index (χ2n) is 5.49. The van der Waals surface area contributed by atoms with Gasteiger partial charge in [-0.3, -0.25) is 24.1 Å². The van der Waals surface area contributed by atoms with Gasteiger partial charge in [0.15, 0.2) is 6.10 Å². The Morgan fingerprint density at radius 2 is 2.00 bits per heavy atom. The van der Waals surface area contributed by atoms with Crippen LogP contribution in [0.2, 0.25) is 0 Å². The topological polar surface area (TPSA) is 102 Å². The standard InChI is InChI=1S/C17H20N2O6S2/c1-11(16(22)18-7-8-19-14(20)9-27-17(19)23)25-15(21)10-26-13-5-3-12(24-2)4-6-13/h3-6,11H,7-10H2,1-2H3,(H,18,22)/t11-/m1/s1. The summed E-state index contributed by atoms with van der Waals surface area (Å²) >= 11 is 2.23. The molecule has 0 unspecified atom stereocenters. The molecule has 1 N–H and O–H groups in total. The summed E-state index contributed by atoms with van der Waals surface area (Å²) in [4.78, 5) is 48.7. The van der Waals surface area contributed by atoms with Crippen molar-refractivity contribution in [2.45, 2.75) is 17.9 Å². The number of hydrogen-bond donors (Lipinski definition) is 1. The number of nitrogens with zero attached hydrogens (tertiary/aromatic N) is 1. The van der Waals surface area contributed by atoms with E-state index in [9.17, 15) is 19.2 Å². The number of amides is 3. The lowest BCUT2D eigenvalue weighted by Gasteiger charge is -2.16. The summed E-state index contributed by atoms with van der Waals surface area (Å²) < 4.78 is 10.2. The van der Waals surface area contributed by atoms with E-state index < -0.39 is 18.0 Å². The molecule has 146 valence electrons. The largest absolute Gasteiger partial charge is 0.497 e. The van der Waals surface area contributed by atoms with Gasteiger partial charge in [-0.15, -0.1) is 11.8 Å². The first-order valence-corrected chi connectivity index (χ1v) is 10.1. The first kappa shape index (κ1) is 21.1. The number of thioether (sulfide) groups is 2. The van der Waals surface area contributed by atoms with Crippen LogP contribution in [-0.2, 0) is 19.1 Å². The van der Waals surface area contributed by atoms with Gasteiger partial charge in [0.05, 0.1) is 18.6 Å². The van der Waals surface area contributed by atoms with Crippen LogP contribution in [0, 0.1) is 0 Å². The van der Waals surface area contributed by atoms with Gasteiger partial charge in [0.25, 0.3) is 11.1 Å². The molecule has 1 aromatic rings. The smallest absolute Gasteiger partial charge is 0.317 e. The average molecular weight is 412 g/mol. The molecule has 0 saturated carbocycles. The van der Waals surface area contributed by atoms with E-state index in [1.807, 2.05) is 12.1 Å². The molecule has 10 heteroatoms. The summed E-state index contributed by atoms with van der Waals surface area (Å²) in [5, 5.41) is 2.23. The highest BCUT2D eigenvalue weighted by atomic mass is 32.2. The van der Waals surface area contributed by atoms with Crippen molar-refractivity contribution in [1.82, 2.24) is 10.2 Å². The number of rotatable bonds is 9. The summed E-state index contributed by atoms with van der Waals surface area (Å²) in [6, 6.07) is 7.23. The van der Waals surface area contributed by atoms with Gasteiger partial charge in [0.2, 0.25) is 5.91 Å². The van der Waals surface area contributed by atoms with E-state index in [4.69, 9.17) is 9.47 Å². The van der Waals surface area contributed by atoms with Crippen LogP contribution >= 0.6 is 23.5 Å². The predicted octanol–water partition coefficient (Wildman–Crippen LogP) is 1.53. The van der Waals surface area contributed by atoms with Crippen LogP contribution in [0.15, 0.2) is 29.2 Å². The fourth-order valence-corrected chi connectivity index (χ4v) is 3.56. The Kier molecular flexibility index (Phi) is 7.99. The van der Waals surface area contributed by atoms with E-state index in [0.717, 1.165) is 27.3 Å². The highest BCUT2D eigenvalue weighted by molar-refractivity contribution is 8.14. The van der Waals surface area contributed by atoms with Crippen LogP contribution in [-0.4, -0.2) is 65.7 Å². The molecule has 27 heavy (non-hydrogen) atoms. The lowest BCUT2D eigenvalue weighted by Crippen LogP contribution is -2.41. The molecule has 0 aromatic heterocycles. The van der Waals surface area contributed by atoms with E-state index in [2.05, 4.69) is 5.32 Å². The molecule has 3 amide bonds. The SMILES string of the molecule is COc1ccc(SCC(=O)O[C@H](C)C(=O)NCCN2C(=O)CSC2=O)cc1. The normalized spacial score (nSPS) is 14.8. The van der Waals surface area contributed by atoms with E-state index >= 15 is 0 Å². The van der Waals surface area contributed by atoms with Crippen molar-refractivity contribution in [2.24, 2.45) is 0 Å². The van der Waals surface area contributed by atoms with Gasteiger partial charge in [-0.05, 0) is 31.2 Å². The number of nitrogens with one attached hydrogen (secondary N) is 1. The Balaban J connectivity index is 1.67. The molecule has 0 bridgehead atoms. The molecule has 0 aliphatic carbocycles. The van der Waals surface area contributed by atoms with Crippen LogP contribution in [0.3, 0.4) is 0 Å². The number of benzene rings is 1. The van der Waals surface area contributed by atoms with Crippen LogP contribution in [0.4, 0.5) is 4.79 Å². The molecule has 1 saturated heterocycles. The lowest BCUT2D eigenvalue weighted by atomic mass is 10.3. The van der Waals surface area contributed by atoms with E-state index in [1.165, 1.54) is 18.7 Å². The molecule has 1 fully saturated rings. The van der Waals surface area contributed by atoms with Gasteiger partial charge >= 0.3 is 5.97 Å². The number of hydrogen-bond acceptors (Lipinski definition) is 8. The molecule has 0 radical (unpaired) electrons. The van der Waals surface area contributed by atoms with Crippen molar-refractivity contribution >= 4 is 46.5 Å². The summed E-state index contributed by atoms with van der Waals surface area (Å²) in [5.41, 5.74) is 0. The summed E-state index contributed by atoms with van der Waals surface area (Å²) in [7, 11) is 1.58. The van der Waals surface area contributed by atoms with Crippen LogP contribution in [0.25, 0.3) is 0 Å². The monoisotopic (exact) mass is 412 g/mol. The minimum Gasteiger partial charge on any atom is -0.497 e. The quantitative estimate of drug-likeness (QED) is 0.481. The minimum atomic E-state index is -0.965. The number of ether oxygens (including phenoxy) is 2. The lowest BCUT2D eigenvalue weighted by molar-refractivity contribution is -0.152. The predicted molar refractivity (Wildman–Crippen MR) is 102 cm³/mol. The number of esters is 1. The van der Waals surface area contributed by atoms with Gasteiger partial charge in [0, 0.05) is 18.0 Å². The zero-order valence-electron chi connectivity index (χ0n) is 14.9. The fourth-order valence-electron chi connectivity index (χ4n) is 2.13. The Hall–Kier alpha value is -2.20. The van der Waals surface area contributed by atoms with Gasteiger partial charge in [-0.1, -0.05) is 11.8 Å². The zero-order chi connectivity index (χ0) is 19.8. The Morgan fingerprint density at radius 3 is 2.59 bits per heavy atom. The van der Waals surface area contributed by atoms with Crippen molar-refractivity contribution in [1.29, 1.82) is 0 Å². The molecule has 0 spiro atoms. The summed E-state index contributed by atoms with van der Waals surface area (Å²) in [5.74, 6) is -0.341. The third-order valence-corrected chi connectivity index (χ3v) is 5.41. The second-order valence-corrected chi connectivity index (χ2v) is 7.46. The molecular weight excluding hydrogens is 392 g/mol. The third-order valence-electron chi connectivity index (χ3n) is 3.57. The minimum absolute atomic E-state index is 0.0674. The molecule has 8 nitrogen and oxygen atoms in total. The Morgan fingerprint density at radius 1 is 1.30 bits per heavy atom. The third kappa shape index (κ3) is 6.47. The van der Waals surface area contributed by atoms with Gasteiger partial charge in [0.1, 0.15) is 5.75 Å². The summed E-state index contributed by atoms with van der Waals surface area (Å²) in [6.45, 7) is 1.68. The second kappa shape index (κ2) is 10.2. The van der Waals surface area contributed by atoms with Crippen LogP contribution in [0.1, 0.15) is 6.92 Å². The van der Waals surface area contributed by atoms with Crippen molar-refractivity contribution < 1.29 is 28.7 Å². The molecule has 1 aromatic carbocycles. The number of imide groups is 1. The maximum absolute atomic E-state index is 12.0. The molecule has 1 aliphatic heterocycles. The molecule has 1 atom stereocenters. The highest BCUT2D eigenvalue weighted by Gasteiger charge is 2.29. The Bertz CT molecular complexity index is 694. The Labute approximate surface area is 165 Å². The van der Waals surface area contributed by atoms with Crippen LogP contribution < -0.4 is 10.1 Å². The summed E-state index contributed by atoms with van der Waals surface area (Å²) in [6.07, 6.45) is -0.965. The van der Waals surface area contributed by atoms with Crippen molar-refractivity contribution in [3.05, 3.63) is 24.3 Å². The van der Waals surface area contributed by atoms with E-state index in [-0.39, 0.29) is 35.7 Å². The van der Waals surface area contributed by atoms with E-state index in [0.29, 0.717) is 0 Å². The number of carbonyl (C=O) groups is 4. The number of methoxy groups -OCH3 is 1. The van der Waals surface area contributed by atoms with Gasteiger partial charge in [-0.25, -0.2) is 0 Å². The maximum atomic E-state index is 12.0. The first-order chi connectivity index (χ1) is 12.9.